The molecule has 0 radical (unpaired) electrons. The van der Waals surface area contributed by atoms with Crippen molar-refractivity contribution in [1.82, 2.24) is 24.7 Å². The Morgan fingerprint density at radius 1 is 1.24 bits per heavy atom. The standard InChI is InChI=1S/C18H23N5O2/c1-12(24)23-7-6-21(2)11-16(23)18(25)22-9-14(10-22)15-8-13-4-3-5-19-17(13)20-15/h3-5,8,14,16H,6-7,9-11H2,1-2H3,(H,19,20)/t16-/m0/s1. The average Bonchev–Trinajstić information content (AvgIpc) is 2.96. The fraction of sp³-hybridized carbons (Fsp3) is 0.500. The molecule has 2 amide bonds. The second-order valence-corrected chi connectivity index (χ2v) is 7.10. The Morgan fingerprint density at radius 2 is 2.04 bits per heavy atom. The van der Waals surface area contributed by atoms with Gasteiger partial charge in [-0.05, 0) is 25.2 Å². The largest absolute Gasteiger partial charge is 0.343 e. The Labute approximate surface area is 146 Å². The number of nitrogens with zero attached hydrogens (tertiary/aromatic N) is 4. The summed E-state index contributed by atoms with van der Waals surface area (Å²) in [6, 6.07) is 5.71. The molecule has 1 N–H and O–H groups in total. The van der Waals surface area contributed by atoms with Crippen LogP contribution in [0.5, 0.6) is 0 Å². The van der Waals surface area contributed by atoms with E-state index in [1.807, 2.05) is 24.1 Å². The van der Waals surface area contributed by atoms with Crippen molar-refractivity contribution in [3.8, 4) is 0 Å². The molecule has 132 valence electrons. The summed E-state index contributed by atoms with van der Waals surface area (Å²) in [6.45, 7) is 4.97. The first kappa shape index (κ1) is 16.1. The molecule has 4 rings (SSSR count). The number of carbonyl (C=O) groups is 2. The van der Waals surface area contributed by atoms with Crippen molar-refractivity contribution >= 4 is 22.8 Å². The van der Waals surface area contributed by atoms with Crippen LogP contribution in [0, 0.1) is 0 Å². The number of aromatic amines is 1. The molecular formula is C18H23N5O2. The fourth-order valence-electron chi connectivity index (χ4n) is 3.77. The number of likely N-dealkylation sites (N-methyl/N-ethyl adjacent to an activating group) is 1. The molecule has 0 aromatic carbocycles. The smallest absolute Gasteiger partial charge is 0.246 e. The number of rotatable bonds is 2. The molecule has 2 saturated heterocycles. The highest BCUT2D eigenvalue weighted by molar-refractivity contribution is 5.88. The molecular weight excluding hydrogens is 318 g/mol. The lowest BCUT2D eigenvalue weighted by Crippen LogP contribution is -2.63. The van der Waals surface area contributed by atoms with Gasteiger partial charge in [-0.25, -0.2) is 4.98 Å². The Balaban J connectivity index is 1.43. The topological polar surface area (TPSA) is 72.5 Å². The fourth-order valence-corrected chi connectivity index (χ4v) is 3.77. The third kappa shape index (κ3) is 2.89. The van der Waals surface area contributed by atoms with E-state index in [-0.39, 0.29) is 17.9 Å². The molecule has 0 spiro atoms. The molecule has 0 aliphatic carbocycles. The Hall–Kier alpha value is -2.41. The predicted molar refractivity (Wildman–Crippen MR) is 94.1 cm³/mol. The molecule has 2 aliphatic rings. The molecule has 25 heavy (non-hydrogen) atoms. The zero-order chi connectivity index (χ0) is 17.6. The van der Waals surface area contributed by atoms with E-state index in [9.17, 15) is 9.59 Å². The Bertz CT molecular complexity index is 778. The van der Waals surface area contributed by atoms with Gasteiger partial charge in [-0.2, -0.15) is 0 Å². The van der Waals surface area contributed by atoms with Gasteiger partial charge in [0.15, 0.2) is 0 Å². The van der Waals surface area contributed by atoms with E-state index in [2.05, 4.69) is 20.9 Å². The van der Waals surface area contributed by atoms with Gasteiger partial charge >= 0.3 is 0 Å². The van der Waals surface area contributed by atoms with E-state index in [1.165, 1.54) is 0 Å². The van der Waals surface area contributed by atoms with Crippen LogP contribution in [0.4, 0.5) is 0 Å². The van der Waals surface area contributed by atoms with Crippen LogP contribution in [0.3, 0.4) is 0 Å². The molecule has 2 fully saturated rings. The molecule has 7 heteroatoms. The molecule has 2 aromatic rings. The van der Waals surface area contributed by atoms with E-state index >= 15 is 0 Å². The van der Waals surface area contributed by atoms with Crippen molar-refractivity contribution in [3.05, 3.63) is 30.1 Å². The summed E-state index contributed by atoms with van der Waals surface area (Å²) in [5, 5.41) is 1.10. The van der Waals surface area contributed by atoms with Crippen LogP contribution in [0.25, 0.3) is 11.0 Å². The maximum atomic E-state index is 12.9. The normalized spacial score (nSPS) is 22.2. The van der Waals surface area contributed by atoms with E-state index < -0.39 is 0 Å². The lowest BCUT2D eigenvalue weighted by atomic mass is 9.94. The average molecular weight is 341 g/mol. The van der Waals surface area contributed by atoms with Gasteiger partial charge in [-0.1, -0.05) is 0 Å². The highest BCUT2D eigenvalue weighted by Gasteiger charge is 2.40. The third-order valence-electron chi connectivity index (χ3n) is 5.32. The number of hydrogen-bond acceptors (Lipinski definition) is 4. The lowest BCUT2D eigenvalue weighted by Gasteiger charge is -2.45. The summed E-state index contributed by atoms with van der Waals surface area (Å²) in [5.74, 6) is 0.350. The summed E-state index contributed by atoms with van der Waals surface area (Å²) in [4.78, 5) is 38.1. The number of amides is 2. The lowest BCUT2D eigenvalue weighted by molar-refractivity contribution is -0.151. The summed E-state index contributed by atoms with van der Waals surface area (Å²) < 4.78 is 0. The third-order valence-corrected chi connectivity index (χ3v) is 5.32. The number of aromatic nitrogens is 2. The minimum Gasteiger partial charge on any atom is -0.343 e. The first-order valence-electron chi connectivity index (χ1n) is 8.71. The van der Waals surface area contributed by atoms with Crippen LogP contribution in [0.15, 0.2) is 24.4 Å². The Kier molecular flexibility index (Phi) is 3.95. The van der Waals surface area contributed by atoms with Crippen LogP contribution in [0.2, 0.25) is 0 Å². The van der Waals surface area contributed by atoms with E-state index in [4.69, 9.17) is 0 Å². The molecule has 0 saturated carbocycles. The molecule has 7 nitrogen and oxygen atoms in total. The quantitative estimate of drug-likeness (QED) is 0.871. The monoisotopic (exact) mass is 341 g/mol. The summed E-state index contributed by atoms with van der Waals surface area (Å²) in [6.07, 6.45) is 1.77. The number of H-pyrrole nitrogens is 1. The SMILES string of the molecule is CC(=O)N1CCN(C)C[C@H]1C(=O)N1CC(c2cc3cccnc3[nH]2)C1. The van der Waals surface area contributed by atoms with Gasteiger partial charge in [0, 0.05) is 62.8 Å². The van der Waals surface area contributed by atoms with Gasteiger partial charge in [0.05, 0.1) is 0 Å². The number of fused-ring (bicyclic) bond motifs is 1. The first-order chi connectivity index (χ1) is 12.0. The first-order valence-corrected chi connectivity index (χ1v) is 8.71. The Morgan fingerprint density at radius 3 is 2.76 bits per heavy atom. The van der Waals surface area contributed by atoms with Gasteiger partial charge in [0.25, 0.3) is 0 Å². The number of carbonyl (C=O) groups excluding carboxylic acids is 2. The molecule has 0 bridgehead atoms. The van der Waals surface area contributed by atoms with Gasteiger partial charge in [0.2, 0.25) is 11.8 Å². The van der Waals surface area contributed by atoms with Crippen molar-refractivity contribution in [1.29, 1.82) is 0 Å². The van der Waals surface area contributed by atoms with Gasteiger partial charge in [-0.15, -0.1) is 0 Å². The molecule has 1 atom stereocenters. The minimum absolute atomic E-state index is 0.0229. The zero-order valence-electron chi connectivity index (χ0n) is 14.6. The van der Waals surface area contributed by atoms with Crippen molar-refractivity contribution in [2.45, 2.75) is 18.9 Å². The highest BCUT2D eigenvalue weighted by Crippen LogP contribution is 2.29. The minimum atomic E-state index is -0.360. The van der Waals surface area contributed by atoms with Crippen molar-refractivity contribution in [2.24, 2.45) is 0 Å². The van der Waals surface area contributed by atoms with Gasteiger partial charge in [-0.3, -0.25) is 9.59 Å². The van der Waals surface area contributed by atoms with Crippen LogP contribution in [-0.2, 0) is 9.59 Å². The van der Waals surface area contributed by atoms with Crippen molar-refractivity contribution in [2.75, 3.05) is 39.8 Å². The number of pyridine rings is 1. The maximum Gasteiger partial charge on any atom is 0.246 e. The van der Waals surface area contributed by atoms with Gasteiger partial charge < -0.3 is 19.7 Å². The number of piperazine rings is 1. The van der Waals surface area contributed by atoms with Crippen LogP contribution < -0.4 is 0 Å². The number of likely N-dealkylation sites (tertiary alicyclic amines) is 1. The molecule has 2 aromatic heterocycles. The summed E-state index contributed by atoms with van der Waals surface area (Å²) in [7, 11) is 1.99. The van der Waals surface area contributed by atoms with E-state index in [0.29, 0.717) is 32.1 Å². The molecule has 2 aliphatic heterocycles. The van der Waals surface area contributed by atoms with Crippen molar-refractivity contribution < 1.29 is 9.59 Å². The second-order valence-electron chi connectivity index (χ2n) is 7.10. The highest BCUT2D eigenvalue weighted by atomic mass is 16.2. The molecule has 0 unspecified atom stereocenters. The van der Waals surface area contributed by atoms with Crippen LogP contribution in [-0.4, -0.2) is 82.3 Å². The zero-order valence-corrected chi connectivity index (χ0v) is 14.6. The van der Waals surface area contributed by atoms with Gasteiger partial charge in [0.1, 0.15) is 11.7 Å². The van der Waals surface area contributed by atoms with E-state index in [0.717, 1.165) is 23.3 Å². The summed E-state index contributed by atoms with van der Waals surface area (Å²) in [5.41, 5.74) is 2.01. The number of hydrogen-bond donors (Lipinski definition) is 1. The van der Waals surface area contributed by atoms with Crippen molar-refractivity contribution in [3.63, 3.8) is 0 Å². The summed E-state index contributed by atoms with van der Waals surface area (Å²) >= 11 is 0. The molecule has 4 heterocycles. The number of nitrogens with one attached hydrogen (secondary N) is 1. The second kappa shape index (κ2) is 6.15. The van der Waals surface area contributed by atoms with Crippen LogP contribution in [0.1, 0.15) is 18.5 Å². The maximum absolute atomic E-state index is 12.9. The van der Waals surface area contributed by atoms with E-state index in [1.54, 1.807) is 18.0 Å². The predicted octanol–water partition coefficient (Wildman–Crippen LogP) is 0.651. The van der Waals surface area contributed by atoms with Crippen LogP contribution >= 0.6 is 0 Å².